The van der Waals surface area contributed by atoms with Gasteiger partial charge in [-0.1, -0.05) is 18.2 Å². The van der Waals surface area contributed by atoms with E-state index in [1.54, 1.807) is 18.2 Å². The first-order chi connectivity index (χ1) is 13.0. The first-order valence-electron chi connectivity index (χ1n) is 8.30. The van der Waals surface area contributed by atoms with Gasteiger partial charge in [0.25, 0.3) is 5.91 Å². The maximum atomic E-state index is 11.9. The molecule has 0 atom stereocenters. The van der Waals surface area contributed by atoms with Gasteiger partial charge >= 0.3 is 5.97 Å². The molecule has 0 fully saturated rings. The molecule has 0 aliphatic carbocycles. The molecule has 7 heteroatoms. The summed E-state index contributed by atoms with van der Waals surface area (Å²) >= 11 is 1.05. The van der Waals surface area contributed by atoms with Crippen molar-refractivity contribution in [2.75, 3.05) is 18.5 Å². The number of carbonyl (C=O) groups is 2. The number of nitriles is 1. The van der Waals surface area contributed by atoms with E-state index in [1.807, 2.05) is 43.5 Å². The zero-order valence-electron chi connectivity index (χ0n) is 15.2. The van der Waals surface area contributed by atoms with Crippen LogP contribution < -0.4 is 10.1 Å². The van der Waals surface area contributed by atoms with Gasteiger partial charge in [-0.2, -0.15) is 5.26 Å². The number of rotatable bonds is 8. The van der Waals surface area contributed by atoms with E-state index in [4.69, 9.17) is 14.7 Å². The predicted octanol–water partition coefficient (Wildman–Crippen LogP) is 3.83. The number of hydrogen-bond donors (Lipinski definition) is 1. The number of carbonyl (C=O) groups excluding carboxylic acids is 2. The minimum absolute atomic E-state index is 0.0563. The number of hydrogen-bond acceptors (Lipinski definition) is 6. The number of nitrogens with one attached hydrogen (secondary N) is 1. The van der Waals surface area contributed by atoms with Crippen LogP contribution in [0.15, 0.2) is 47.4 Å². The van der Waals surface area contributed by atoms with Crippen molar-refractivity contribution < 1.29 is 19.1 Å². The normalized spacial score (nSPS) is 9.96. The fourth-order valence-corrected chi connectivity index (χ4v) is 2.74. The Bertz CT molecular complexity index is 861. The Kier molecular flexibility index (Phi) is 7.71. The van der Waals surface area contributed by atoms with E-state index in [-0.39, 0.29) is 19.6 Å². The smallest absolute Gasteiger partial charge is 0.309 e. The first kappa shape index (κ1) is 20.3. The molecular weight excluding hydrogens is 364 g/mol. The number of nitrogens with zero attached hydrogens (tertiary/aromatic N) is 1. The number of benzene rings is 2. The van der Waals surface area contributed by atoms with Gasteiger partial charge in [-0.25, -0.2) is 0 Å². The summed E-state index contributed by atoms with van der Waals surface area (Å²) in [6, 6.07) is 12.8. The first-order valence-corrected chi connectivity index (χ1v) is 9.11. The SMILES string of the molecule is Cc1cc(SC#N)ccc1NC(=O)COC(=O)CCOc1ccccc1C. The summed E-state index contributed by atoms with van der Waals surface area (Å²) in [6.07, 6.45) is 0.0563. The van der Waals surface area contributed by atoms with E-state index in [1.165, 1.54) is 0 Å². The fraction of sp³-hybridized carbons (Fsp3) is 0.250. The van der Waals surface area contributed by atoms with Gasteiger partial charge in [0.05, 0.1) is 13.0 Å². The number of ether oxygens (including phenoxy) is 2. The molecule has 27 heavy (non-hydrogen) atoms. The maximum Gasteiger partial charge on any atom is 0.309 e. The van der Waals surface area contributed by atoms with Crippen molar-refractivity contribution in [1.29, 1.82) is 5.26 Å². The monoisotopic (exact) mass is 384 g/mol. The summed E-state index contributed by atoms with van der Waals surface area (Å²) in [5.41, 5.74) is 2.42. The Hall–Kier alpha value is -2.98. The standard InChI is InChI=1S/C20H20N2O4S/c1-14-5-3-4-6-18(14)25-10-9-20(24)26-12-19(23)22-17-8-7-16(27-13-21)11-15(17)2/h3-8,11H,9-10,12H2,1-2H3,(H,22,23). The molecule has 1 N–H and O–H groups in total. The highest BCUT2D eigenvalue weighted by Gasteiger charge is 2.10. The third kappa shape index (κ3) is 6.68. The summed E-state index contributed by atoms with van der Waals surface area (Å²) < 4.78 is 10.5. The highest BCUT2D eigenvalue weighted by atomic mass is 32.2. The van der Waals surface area contributed by atoms with Crippen LogP contribution in [-0.2, 0) is 14.3 Å². The van der Waals surface area contributed by atoms with Gasteiger partial charge in [0, 0.05) is 10.6 Å². The second-order valence-electron chi connectivity index (χ2n) is 5.74. The number of anilines is 1. The molecule has 0 heterocycles. The van der Waals surface area contributed by atoms with Gasteiger partial charge in [0.2, 0.25) is 0 Å². The number of aryl methyl sites for hydroxylation is 2. The van der Waals surface area contributed by atoms with Gasteiger partial charge in [-0.05, 0) is 61.0 Å². The molecule has 0 saturated carbocycles. The lowest BCUT2D eigenvalue weighted by Gasteiger charge is -2.10. The van der Waals surface area contributed by atoms with E-state index in [0.29, 0.717) is 5.69 Å². The van der Waals surface area contributed by atoms with E-state index in [0.717, 1.165) is 33.5 Å². The van der Waals surface area contributed by atoms with Crippen molar-refractivity contribution in [2.24, 2.45) is 0 Å². The van der Waals surface area contributed by atoms with Crippen molar-refractivity contribution >= 4 is 29.3 Å². The van der Waals surface area contributed by atoms with Crippen molar-refractivity contribution in [3.63, 3.8) is 0 Å². The summed E-state index contributed by atoms with van der Waals surface area (Å²) in [5.74, 6) is -0.209. The number of esters is 1. The average molecular weight is 384 g/mol. The average Bonchev–Trinajstić information content (AvgIpc) is 2.64. The molecular formula is C20H20N2O4S. The van der Waals surface area contributed by atoms with Crippen molar-refractivity contribution in [1.82, 2.24) is 0 Å². The van der Waals surface area contributed by atoms with Crippen LogP contribution >= 0.6 is 11.8 Å². The minimum atomic E-state index is -0.503. The Balaban J connectivity index is 1.73. The molecule has 0 aliphatic rings. The molecule has 2 rings (SSSR count). The van der Waals surface area contributed by atoms with Crippen molar-refractivity contribution in [2.45, 2.75) is 25.2 Å². The highest BCUT2D eigenvalue weighted by Crippen LogP contribution is 2.23. The predicted molar refractivity (Wildman–Crippen MR) is 104 cm³/mol. The Morgan fingerprint density at radius 2 is 1.93 bits per heavy atom. The van der Waals surface area contributed by atoms with Crippen LogP contribution in [0.1, 0.15) is 17.5 Å². The largest absolute Gasteiger partial charge is 0.493 e. The molecule has 0 radical (unpaired) electrons. The molecule has 0 spiro atoms. The molecule has 0 aromatic heterocycles. The second-order valence-corrected chi connectivity index (χ2v) is 6.60. The van der Waals surface area contributed by atoms with E-state index in [9.17, 15) is 9.59 Å². The third-order valence-corrected chi connectivity index (χ3v) is 4.24. The van der Waals surface area contributed by atoms with Crippen LogP contribution in [0.5, 0.6) is 5.75 Å². The van der Waals surface area contributed by atoms with Gasteiger partial charge in [0.15, 0.2) is 6.61 Å². The van der Waals surface area contributed by atoms with Crippen LogP contribution in [0, 0.1) is 24.5 Å². The fourth-order valence-electron chi connectivity index (χ4n) is 2.26. The summed E-state index contributed by atoms with van der Waals surface area (Å²) in [6.45, 7) is 3.57. The third-order valence-electron chi connectivity index (χ3n) is 3.66. The van der Waals surface area contributed by atoms with E-state index in [2.05, 4.69) is 5.32 Å². The van der Waals surface area contributed by atoms with Crippen LogP contribution in [0.4, 0.5) is 5.69 Å². The molecule has 1 amide bonds. The van der Waals surface area contributed by atoms with Crippen molar-refractivity contribution in [3.05, 3.63) is 53.6 Å². The van der Waals surface area contributed by atoms with Crippen LogP contribution in [0.3, 0.4) is 0 Å². The lowest BCUT2D eigenvalue weighted by atomic mass is 10.2. The zero-order valence-corrected chi connectivity index (χ0v) is 16.0. The summed E-state index contributed by atoms with van der Waals surface area (Å²) in [5, 5.41) is 13.4. The van der Waals surface area contributed by atoms with Crippen LogP contribution in [-0.4, -0.2) is 25.1 Å². The lowest BCUT2D eigenvalue weighted by molar-refractivity contribution is -0.147. The van der Waals surface area contributed by atoms with E-state index >= 15 is 0 Å². The van der Waals surface area contributed by atoms with Crippen LogP contribution in [0.25, 0.3) is 0 Å². The molecule has 2 aromatic carbocycles. The van der Waals surface area contributed by atoms with Gasteiger partial charge in [0.1, 0.15) is 11.2 Å². The Morgan fingerprint density at radius 3 is 2.63 bits per heavy atom. The highest BCUT2D eigenvalue weighted by molar-refractivity contribution is 8.03. The quantitative estimate of drug-likeness (QED) is 0.423. The lowest BCUT2D eigenvalue weighted by Crippen LogP contribution is -2.22. The molecule has 6 nitrogen and oxygen atoms in total. The zero-order chi connectivity index (χ0) is 19.6. The number of para-hydroxylation sites is 1. The summed E-state index contributed by atoms with van der Waals surface area (Å²) in [7, 11) is 0. The number of amides is 1. The molecule has 0 aliphatic heterocycles. The van der Waals surface area contributed by atoms with Gasteiger partial charge < -0.3 is 14.8 Å². The van der Waals surface area contributed by atoms with E-state index < -0.39 is 11.9 Å². The molecule has 0 saturated heterocycles. The Morgan fingerprint density at radius 1 is 1.15 bits per heavy atom. The molecule has 2 aromatic rings. The Labute approximate surface area is 162 Å². The van der Waals surface area contributed by atoms with Gasteiger partial charge in [-0.15, -0.1) is 0 Å². The maximum absolute atomic E-state index is 11.9. The second kappa shape index (κ2) is 10.2. The molecule has 0 bridgehead atoms. The van der Waals surface area contributed by atoms with Crippen molar-refractivity contribution in [3.8, 4) is 11.2 Å². The molecule has 0 unspecified atom stereocenters. The van der Waals surface area contributed by atoms with Crippen LogP contribution in [0.2, 0.25) is 0 Å². The molecule has 140 valence electrons. The number of thiocyanates is 1. The number of thioether (sulfide) groups is 1. The summed E-state index contributed by atoms with van der Waals surface area (Å²) in [4.78, 5) is 24.5. The minimum Gasteiger partial charge on any atom is -0.493 e. The van der Waals surface area contributed by atoms with Gasteiger partial charge in [-0.3, -0.25) is 9.59 Å². The topological polar surface area (TPSA) is 88.4 Å².